The summed E-state index contributed by atoms with van der Waals surface area (Å²) in [6.07, 6.45) is -0.546. The Labute approximate surface area is 168 Å². The number of benzene rings is 2. The minimum absolute atomic E-state index is 0.0213. The molecule has 0 aliphatic carbocycles. The van der Waals surface area contributed by atoms with Crippen LogP contribution in [0.4, 0.5) is 19.3 Å². The lowest BCUT2D eigenvalue weighted by Gasteiger charge is -2.33. The number of likely N-dealkylation sites (tertiary alicyclic amines) is 1. The SMILES string of the molecule is Cc1c(F)cccc1NC(=O)N1C[C@@H](F)C[C@H]1C(=O)N1CCc2ccccc2C1. The molecule has 4 rings (SSSR count). The van der Waals surface area contributed by atoms with Gasteiger partial charge in [-0.2, -0.15) is 0 Å². The second-order valence-corrected chi connectivity index (χ2v) is 7.62. The fraction of sp³-hybridized carbons (Fsp3) is 0.364. The van der Waals surface area contributed by atoms with Gasteiger partial charge in [0.25, 0.3) is 0 Å². The summed E-state index contributed by atoms with van der Waals surface area (Å²) in [5.41, 5.74) is 2.90. The molecule has 0 bridgehead atoms. The van der Waals surface area contributed by atoms with Gasteiger partial charge in [-0.3, -0.25) is 4.79 Å². The van der Waals surface area contributed by atoms with Crippen molar-refractivity contribution in [2.45, 2.75) is 38.5 Å². The first-order valence-corrected chi connectivity index (χ1v) is 9.76. The van der Waals surface area contributed by atoms with Crippen LogP contribution in [0.3, 0.4) is 0 Å². The lowest BCUT2D eigenvalue weighted by Crippen LogP contribution is -2.50. The van der Waals surface area contributed by atoms with Gasteiger partial charge in [0.05, 0.1) is 6.54 Å². The maximum Gasteiger partial charge on any atom is 0.322 e. The lowest BCUT2D eigenvalue weighted by molar-refractivity contribution is -0.136. The van der Waals surface area contributed by atoms with Crippen LogP contribution < -0.4 is 5.32 Å². The van der Waals surface area contributed by atoms with E-state index in [1.807, 2.05) is 24.3 Å². The number of halogens is 2. The molecular weight excluding hydrogens is 376 g/mol. The molecule has 1 fully saturated rings. The first kappa shape index (κ1) is 19.4. The largest absolute Gasteiger partial charge is 0.336 e. The molecule has 3 amide bonds. The first-order valence-electron chi connectivity index (χ1n) is 9.76. The number of carbonyl (C=O) groups excluding carboxylic acids is 2. The minimum atomic E-state index is -1.26. The van der Waals surface area contributed by atoms with Crippen molar-refractivity contribution in [1.29, 1.82) is 0 Å². The summed E-state index contributed by atoms with van der Waals surface area (Å²) < 4.78 is 27.9. The highest BCUT2D eigenvalue weighted by Gasteiger charge is 2.42. The molecule has 0 radical (unpaired) electrons. The van der Waals surface area contributed by atoms with Crippen molar-refractivity contribution in [3.63, 3.8) is 0 Å². The summed E-state index contributed by atoms with van der Waals surface area (Å²) in [5, 5.41) is 2.63. The summed E-state index contributed by atoms with van der Waals surface area (Å²) in [5.74, 6) is -0.682. The van der Waals surface area contributed by atoms with Crippen LogP contribution in [0.15, 0.2) is 42.5 Å². The molecule has 2 aliphatic heterocycles. The number of urea groups is 1. The number of nitrogens with one attached hydrogen (secondary N) is 1. The Balaban J connectivity index is 1.50. The molecule has 2 aromatic rings. The molecule has 0 unspecified atom stereocenters. The van der Waals surface area contributed by atoms with Gasteiger partial charge in [-0.25, -0.2) is 13.6 Å². The van der Waals surface area contributed by atoms with E-state index in [4.69, 9.17) is 0 Å². The van der Waals surface area contributed by atoms with Crippen molar-refractivity contribution >= 4 is 17.6 Å². The monoisotopic (exact) mass is 399 g/mol. The fourth-order valence-electron chi connectivity index (χ4n) is 4.07. The van der Waals surface area contributed by atoms with Crippen LogP contribution in [0.25, 0.3) is 0 Å². The maximum atomic E-state index is 14.2. The normalized spacial score (nSPS) is 21.1. The van der Waals surface area contributed by atoms with E-state index in [1.54, 1.807) is 17.9 Å². The van der Waals surface area contributed by atoms with E-state index in [1.165, 1.54) is 22.6 Å². The van der Waals surface area contributed by atoms with Crippen LogP contribution in [0.2, 0.25) is 0 Å². The second kappa shape index (κ2) is 7.81. The van der Waals surface area contributed by atoms with E-state index in [2.05, 4.69) is 5.32 Å². The smallest absolute Gasteiger partial charge is 0.322 e. The van der Waals surface area contributed by atoms with E-state index >= 15 is 0 Å². The predicted octanol–water partition coefficient (Wildman–Crippen LogP) is 3.66. The molecule has 2 aromatic carbocycles. The summed E-state index contributed by atoms with van der Waals surface area (Å²) in [6, 6.07) is 10.9. The van der Waals surface area contributed by atoms with Gasteiger partial charge in [0.15, 0.2) is 0 Å². The third-order valence-corrected chi connectivity index (χ3v) is 5.75. The molecule has 152 valence electrons. The third-order valence-electron chi connectivity index (χ3n) is 5.75. The zero-order chi connectivity index (χ0) is 20.5. The molecule has 0 saturated carbocycles. The number of amides is 3. The molecule has 1 saturated heterocycles. The quantitative estimate of drug-likeness (QED) is 0.838. The number of nitrogens with zero attached hydrogens (tertiary/aromatic N) is 2. The van der Waals surface area contributed by atoms with E-state index in [0.29, 0.717) is 24.3 Å². The van der Waals surface area contributed by atoms with E-state index < -0.39 is 24.1 Å². The Kier molecular flexibility index (Phi) is 5.22. The summed E-state index contributed by atoms with van der Waals surface area (Å²) in [7, 11) is 0. The number of hydrogen-bond donors (Lipinski definition) is 1. The van der Waals surface area contributed by atoms with Crippen molar-refractivity contribution in [2.75, 3.05) is 18.4 Å². The topological polar surface area (TPSA) is 52.7 Å². The van der Waals surface area contributed by atoms with Crippen molar-refractivity contribution in [1.82, 2.24) is 9.80 Å². The second-order valence-electron chi connectivity index (χ2n) is 7.62. The molecule has 0 spiro atoms. The number of carbonyl (C=O) groups is 2. The van der Waals surface area contributed by atoms with Gasteiger partial charge in [0.2, 0.25) is 5.91 Å². The number of alkyl halides is 1. The molecule has 2 atom stereocenters. The average molecular weight is 399 g/mol. The van der Waals surface area contributed by atoms with Crippen LogP contribution in [0.5, 0.6) is 0 Å². The zero-order valence-electron chi connectivity index (χ0n) is 16.2. The Morgan fingerprint density at radius 3 is 2.66 bits per heavy atom. The van der Waals surface area contributed by atoms with Crippen molar-refractivity contribution < 1.29 is 18.4 Å². The van der Waals surface area contributed by atoms with Gasteiger partial charge in [-0.15, -0.1) is 0 Å². The Hall–Kier alpha value is -2.96. The Morgan fingerprint density at radius 1 is 1.10 bits per heavy atom. The molecule has 29 heavy (non-hydrogen) atoms. The molecule has 0 aromatic heterocycles. The van der Waals surface area contributed by atoms with Crippen LogP contribution in [0, 0.1) is 12.7 Å². The van der Waals surface area contributed by atoms with Crippen molar-refractivity contribution in [3.8, 4) is 0 Å². The molecule has 1 N–H and O–H groups in total. The molecule has 2 heterocycles. The molecule has 7 heteroatoms. The number of fused-ring (bicyclic) bond motifs is 1. The molecular formula is C22H23F2N3O2. The van der Waals surface area contributed by atoms with Crippen LogP contribution in [-0.2, 0) is 17.8 Å². The highest BCUT2D eigenvalue weighted by atomic mass is 19.1. The number of rotatable bonds is 2. The number of anilines is 1. The lowest BCUT2D eigenvalue weighted by atomic mass is 9.99. The Bertz CT molecular complexity index is 949. The maximum absolute atomic E-state index is 14.2. The van der Waals surface area contributed by atoms with E-state index in [9.17, 15) is 18.4 Å². The van der Waals surface area contributed by atoms with Gasteiger partial charge in [0, 0.05) is 30.8 Å². The van der Waals surface area contributed by atoms with E-state index in [0.717, 1.165) is 12.0 Å². The predicted molar refractivity (Wildman–Crippen MR) is 106 cm³/mol. The number of hydrogen-bond acceptors (Lipinski definition) is 2. The highest BCUT2D eigenvalue weighted by molar-refractivity contribution is 5.95. The summed E-state index contributed by atoms with van der Waals surface area (Å²) >= 11 is 0. The summed E-state index contributed by atoms with van der Waals surface area (Å²) in [4.78, 5) is 28.8. The highest BCUT2D eigenvalue weighted by Crippen LogP contribution is 2.27. The summed E-state index contributed by atoms with van der Waals surface area (Å²) in [6.45, 7) is 2.41. The fourth-order valence-corrected chi connectivity index (χ4v) is 4.07. The Morgan fingerprint density at radius 2 is 1.86 bits per heavy atom. The van der Waals surface area contributed by atoms with Crippen molar-refractivity contribution in [2.24, 2.45) is 0 Å². The van der Waals surface area contributed by atoms with Gasteiger partial charge >= 0.3 is 6.03 Å². The average Bonchev–Trinajstić information content (AvgIpc) is 3.12. The van der Waals surface area contributed by atoms with Gasteiger partial charge in [-0.05, 0) is 36.6 Å². The van der Waals surface area contributed by atoms with Crippen LogP contribution >= 0.6 is 0 Å². The zero-order valence-corrected chi connectivity index (χ0v) is 16.2. The van der Waals surface area contributed by atoms with Gasteiger partial charge in [-0.1, -0.05) is 30.3 Å². The van der Waals surface area contributed by atoms with Gasteiger partial charge in [0.1, 0.15) is 18.0 Å². The van der Waals surface area contributed by atoms with Crippen LogP contribution in [-0.4, -0.2) is 47.0 Å². The van der Waals surface area contributed by atoms with Gasteiger partial charge < -0.3 is 15.1 Å². The van der Waals surface area contributed by atoms with E-state index in [-0.39, 0.29) is 18.9 Å². The standard InChI is InChI=1S/C22H23F2N3O2/c1-14-18(24)7-4-8-19(14)25-22(29)27-13-17(23)11-20(27)21(28)26-10-9-15-5-2-3-6-16(15)12-26/h2-8,17,20H,9-13H2,1H3,(H,25,29)/t17-,20-/m0/s1. The van der Waals surface area contributed by atoms with Crippen molar-refractivity contribution in [3.05, 3.63) is 65.0 Å². The molecule has 5 nitrogen and oxygen atoms in total. The third kappa shape index (κ3) is 3.81. The minimum Gasteiger partial charge on any atom is -0.336 e. The first-order chi connectivity index (χ1) is 13.9. The molecule has 2 aliphatic rings. The van der Waals surface area contributed by atoms with Crippen LogP contribution in [0.1, 0.15) is 23.1 Å².